The fourth-order valence-electron chi connectivity index (χ4n) is 3.37. The molecule has 1 aliphatic rings. The Labute approximate surface area is 181 Å². The molecule has 3 rings (SSSR count). The van der Waals surface area contributed by atoms with Crippen LogP contribution in [0.2, 0.25) is 0 Å². The first kappa shape index (κ1) is 22.1. The van der Waals surface area contributed by atoms with Gasteiger partial charge in [0.15, 0.2) is 11.5 Å². The van der Waals surface area contributed by atoms with Gasteiger partial charge < -0.3 is 25.0 Å². The first-order valence-electron chi connectivity index (χ1n) is 10.2. The Morgan fingerprint density at radius 3 is 2.16 bits per heavy atom. The van der Waals surface area contributed by atoms with E-state index in [4.69, 9.17) is 9.47 Å². The molecule has 0 unspecified atom stereocenters. The Bertz CT molecular complexity index is 937. The lowest BCUT2D eigenvalue weighted by Gasteiger charge is -2.15. The number of carbonyl (C=O) groups is 3. The van der Waals surface area contributed by atoms with Crippen LogP contribution in [0.15, 0.2) is 42.5 Å². The maximum atomic E-state index is 12.4. The van der Waals surface area contributed by atoms with Crippen LogP contribution in [0.25, 0.3) is 0 Å². The number of amides is 3. The largest absolute Gasteiger partial charge is 0.493 e. The molecule has 164 valence electrons. The van der Waals surface area contributed by atoms with Gasteiger partial charge in [-0.1, -0.05) is 12.1 Å². The summed E-state index contributed by atoms with van der Waals surface area (Å²) in [6.45, 7) is 1.78. The van der Waals surface area contributed by atoms with Gasteiger partial charge in [0.2, 0.25) is 5.91 Å². The molecule has 31 heavy (non-hydrogen) atoms. The molecule has 0 atom stereocenters. The predicted molar refractivity (Wildman–Crippen MR) is 115 cm³/mol. The van der Waals surface area contributed by atoms with Crippen molar-refractivity contribution in [3.63, 3.8) is 0 Å². The summed E-state index contributed by atoms with van der Waals surface area (Å²) < 4.78 is 10.3. The number of benzene rings is 2. The van der Waals surface area contributed by atoms with Crippen molar-refractivity contribution in [2.24, 2.45) is 0 Å². The minimum Gasteiger partial charge on any atom is -0.493 e. The summed E-state index contributed by atoms with van der Waals surface area (Å²) >= 11 is 0. The van der Waals surface area contributed by atoms with Gasteiger partial charge in [0.05, 0.1) is 20.8 Å². The molecule has 1 heterocycles. The molecular formula is C23H27N3O5. The molecule has 0 aromatic heterocycles. The van der Waals surface area contributed by atoms with Crippen LogP contribution in [0.5, 0.6) is 11.5 Å². The lowest BCUT2D eigenvalue weighted by atomic mass is 10.1. The molecule has 2 aromatic carbocycles. The van der Waals surface area contributed by atoms with Crippen molar-refractivity contribution < 1.29 is 23.9 Å². The third kappa shape index (κ3) is 5.75. The number of nitrogens with one attached hydrogen (secondary N) is 2. The molecular weight excluding hydrogens is 398 g/mol. The quantitative estimate of drug-likeness (QED) is 0.674. The first-order chi connectivity index (χ1) is 15.0. The minimum atomic E-state index is -0.388. The second kappa shape index (κ2) is 10.5. The van der Waals surface area contributed by atoms with E-state index in [0.717, 1.165) is 31.5 Å². The van der Waals surface area contributed by atoms with Crippen molar-refractivity contribution in [2.75, 3.05) is 33.9 Å². The minimum absolute atomic E-state index is 0.0472. The van der Waals surface area contributed by atoms with E-state index in [0.29, 0.717) is 29.2 Å². The van der Waals surface area contributed by atoms with Gasteiger partial charge in [-0.05, 0) is 48.7 Å². The van der Waals surface area contributed by atoms with E-state index in [9.17, 15) is 14.4 Å². The molecule has 0 bridgehead atoms. The number of methoxy groups -OCH3 is 2. The maximum Gasteiger partial charge on any atom is 0.253 e. The number of hydrogen-bond donors (Lipinski definition) is 2. The molecule has 0 radical (unpaired) electrons. The Morgan fingerprint density at radius 2 is 1.52 bits per heavy atom. The number of nitrogens with zero attached hydrogens (tertiary/aromatic N) is 1. The highest BCUT2D eigenvalue weighted by Gasteiger charge is 2.19. The average molecular weight is 425 g/mol. The summed E-state index contributed by atoms with van der Waals surface area (Å²) in [5.74, 6) is 0.300. The van der Waals surface area contributed by atoms with Crippen LogP contribution < -0.4 is 20.1 Å². The Balaban J connectivity index is 1.45. The van der Waals surface area contributed by atoms with Crippen LogP contribution >= 0.6 is 0 Å². The molecule has 1 saturated heterocycles. The number of rotatable bonds is 8. The van der Waals surface area contributed by atoms with E-state index < -0.39 is 0 Å². The molecule has 0 saturated carbocycles. The van der Waals surface area contributed by atoms with Gasteiger partial charge in [-0.15, -0.1) is 0 Å². The lowest BCUT2D eigenvalue weighted by molar-refractivity contribution is -0.120. The van der Waals surface area contributed by atoms with Gasteiger partial charge in [0.1, 0.15) is 0 Å². The monoisotopic (exact) mass is 425 g/mol. The van der Waals surface area contributed by atoms with Crippen LogP contribution in [0.1, 0.15) is 39.1 Å². The SMILES string of the molecule is COc1ccc(C(=O)NCC(=O)NCc2ccc(C(=O)N3CCCC3)cc2)cc1OC. The zero-order valence-corrected chi connectivity index (χ0v) is 17.8. The van der Waals surface area contributed by atoms with Gasteiger partial charge in [-0.25, -0.2) is 0 Å². The summed E-state index contributed by atoms with van der Waals surface area (Å²) in [7, 11) is 3.00. The maximum absolute atomic E-state index is 12.4. The van der Waals surface area contributed by atoms with E-state index in [2.05, 4.69) is 10.6 Å². The highest BCUT2D eigenvalue weighted by Crippen LogP contribution is 2.27. The summed E-state index contributed by atoms with van der Waals surface area (Å²) in [5.41, 5.74) is 1.89. The lowest BCUT2D eigenvalue weighted by Crippen LogP contribution is -2.36. The Hall–Kier alpha value is -3.55. The summed E-state index contributed by atoms with van der Waals surface area (Å²) in [6, 6.07) is 12.0. The number of hydrogen-bond acceptors (Lipinski definition) is 5. The Morgan fingerprint density at radius 1 is 0.871 bits per heavy atom. The fourth-order valence-corrected chi connectivity index (χ4v) is 3.37. The van der Waals surface area contributed by atoms with Crippen molar-refractivity contribution in [2.45, 2.75) is 19.4 Å². The van der Waals surface area contributed by atoms with Crippen LogP contribution in [-0.4, -0.2) is 56.5 Å². The van der Waals surface area contributed by atoms with Crippen molar-refractivity contribution >= 4 is 17.7 Å². The summed E-state index contributed by atoms with van der Waals surface area (Å²) in [4.78, 5) is 38.6. The van der Waals surface area contributed by atoms with E-state index in [-0.39, 0.29) is 24.3 Å². The predicted octanol–water partition coefficient (Wildman–Crippen LogP) is 1.99. The fraction of sp³-hybridized carbons (Fsp3) is 0.348. The molecule has 8 nitrogen and oxygen atoms in total. The van der Waals surface area contributed by atoms with Gasteiger partial charge in [-0.3, -0.25) is 14.4 Å². The van der Waals surface area contributed by atoms with Crippen LogP contribution in [0.4, 0.5) is 0 Å². The topological polar surface area (TPSA) is 97.0 Å². The van der Waals surface area contributed by atoms with Crippen molar-refractivity contribution in [1.82, 2.24) is 15.5 Å². The summed E-state index contributed by atoms with van der Waals surface area (Å²) in [5, 5.41) is 5.34. The molecule has 0 spiro atoms. The molecule has 0 aliphatic carbocycles. The highest BCUT2D eigenvalue weighted by atomic mass is 16.5. The third-order valence-corrected chi connectivity index (χ3v) is 5.14. The number of carbonyl (C=O) groups excluding carboxylic acids is 3. The second-order valence-electron chi connectivity index (χ2n) is 7.23. The van der Waals surface area contributed by atoms with Crippen LogP contribution in [0.3, 0.4) is 0 Å². The Kier molecular flexibility index (Phi) is 7.48. The van der Waals surface area contributed by atoms with Crippen LogP contribution in [0, 0.1) is 0 Å². The van der Waals surface area contributed by atoms with E-state index >= 15 is 0 Å². The number of likely N-dealkylation sites (tertiary alicyclic amines) is 1. The molecule has 1 fully saturated rings. The third-order valence-electron chi connectivity index (χ3n) is 5.14. The van der Waals surface area contributed by atoms with E-state index in [1.165, 1.54) is 14.2 Å². The van der Waals surface area contributed by atoms with E-state index in [1.54, 1.807) is 30.3 Å². The van der Waals surface area contributed by atoms with Crippen LogP contribution in [-0.2, 0) is 11.3 Å². The van der Waals surface area contributed by atoms with Gasteiger partial charge in [0.25, 0.3) is 11.8 Å². The van der Waals surface area contributed by atoms with Crippen molar-refractivity contribution in [1.29, 1.82) is 0 Å². The zero-order chi connectivity index (χ0) is 22.2. The van der Waals surface area contributed by atoms with Gasteiger partial charge in [0, 0.05) is 30.8 Å². The summed E-state index contributed by atoms with van der Waals surface area (Å²) in [6.07, 6.45) is 2.11. The van der Waals surface area contributed by atoms with Crippen molar-refractivity contribution in [3.05, 3.63) is 59.2 Å². The molecule has 8 heteroatoms. The van der Waals surface area contributed by atoms with Gasteiger partial charge >= 0.3 is 0 Å². The molecule has 2 aromatic rings. The molecule has 2 N–H and O–H groups in total. The van der Waals surface area contributed by atoms with Crippen molar-refractivity contribution in [3.8, 4) is 11.5 Å². The first-order valence-corrected chi connectivity index (χ1v) is 10.2. The normalized spacial score (nSPS) is 12.9. The van der Waals surface area contributed by atoms with Gasteiger partial charge in [-0.2, -0.15) is 0 Å². The average Bonchev–Trinajstić information content (AvgIpc) is 3.35. The highest BCUT2D eigenvalue weighted by molar-refractivity contribution is 5.97. The standard InChI is InChI=1S/C23H27N3O5/c1-30-19-10-9-18(13-20(19)31-2)22(28)25-15-21(27)24-14-16-5-7-17(8-6-16)23(29)26-11-3-4-12-26/h5-10,13H,3-4,11-12,14-15H2,1-2H3,(H,24,27)(H,25,28). The molecule has 1 aliphatic heterocycles. The zero-order valence-electron chi connectivity index (χ0n) is 17.8. The van der Waals surface area contributed by atoms with E-state index in [1.807, 2.05) is 17.0 Å². The smallest absolute Gasteiger partial charge is 0.253 e. The number of ether oxygens (including phenoxy) is 2. The molecule has 3 amide bonds. The second-order valence-corrected chi connectivity index (χ2v) is 7.23.